The second-order valence-electron chi connectivity index (χ2n) is 14.1. The summed E-state index contributed by atoms with van der Waals surface area (Å²) >= 11 is 0. The maximum atomic E-state index is 7.89. The summed E-state index contributed by atoms with van der Waals surface area (Å²) in [5.41, 5.74) is 1.74. The van der Waals surface area contributed by atoms with E-state index in [1.54, 1.807) is 0 Å². The molecule has 0 saturated carbocycles. The maximum Gasteiger partial charge on any atom is 0.325 e. The summed E-state index contributed by atoms with van der Waals surface area (Å²) < 4.78 is 61.1. The molecule has 1 fully saturated rings. The van der Waals surface area contributed by atoms with Crippen LogP contribution in [0.4, 0.5) is 0 Å². The highest BCUT2D eigenvalue weighted by Crippen LogP contribution is 2.50. The molecule has 1 aliphatic rings. The topological polar surface area (TPSA) is 83.1 Å². The van der Waals surface area contributed by atoms with Gasteiger partial charge in [-0.25, -0.2) is 0 Å². The third-order valence-electron chi connectivity index (χ3n) is 8.63. The van der Waals surface area contributed by atoms with Gasteiger partial charge in [-0.15, -0.1) is 0 Å². The standard InChI is InChI=1S/C24H66O9Si9/c1-17(2)39(18(3)4)29-37-27-35-25-34-26-36-28-38-30-40(19(5)6,20(7)8)32-42(23(13)14,24(15)16)33-41(31-39,21(9)10)22(11)12/h17-24H,34-38H2,1-16H3. The van der Waals surface area contributed by atoms with E-state index in [9.17, 15) is 0 Å². The maximum absolute atomic E-state index is 7.89. The average Bonchev–Trinajstić information content (AvgIpc) is 2.86. The van der Waals surface area contributed by atoms with Gasteiger partial charge in [0.1, 0.15) is 0 Å². The molecule has 0 aromatic heterocycles. The van der Waals surface area contributed by atoms with Gasteiger partial charge in [-0.1, -0.05) is 111 Å². The monoisotopic (exact) mass is 750 g/mol. The van der Waals surface area contributed by atoms with Crippen LogP contribution in [-0.4, -0.2) is 84.3 Å². The molecular weight excluding hydrogens is 685 g/mol. The highest BCUT2D eigenvalue weighted by Gasteiger charge is 2.63. The molecule has 0 bridgehead atoms. The highest BCUT2D eigenvalue weighted by molar-refractivity contribution is 6.93. The molecule has 18 heteroatoms. The van der Waals surface area contributed by atoms with E-state index < -0.39 is 84.3 Å². The Morgan fingerprint density at radius 1 is 0.286 bits per heavy atom. The fourth-order valence-corrected chi connectivity index (χ4v) is 46.1. The predicted molar refractivity (Wildman–Crippen MR) is 196 cm³/mol. The van der Waals surface area contributed by atoms with Crippen LogP contribution in [0.2, 0.25) is 44.3 Å². The first-order valence-corrected chi connectivity index (χ1v) is 29.7. The average molecular weight is 752 g/mol. The van der Waals surface area contributed by atoms with E-state index in [0.29, 0.717) is 0 Å². The molecule has 0 unspecified atom stereocenters. The van der Waals surface area contributed by atoms with E-state index in [4.69, 9.17) is 37.0 Å². The molecule has 0 amide bonds. The molecular formula is C24H66O9Si9. The van der Waals surface area contributed by atoms with Gasteiger partial charge < -0.3 is 37.0 Å². The van der Waals surface area contributed by atoms with Gasteiger partial charge in [0.2, 0.25) is 0 Å². The third-order valence-corrected chi connectivity index (χ3v) is 39.0. The Hall–Kier alpha value is 1.59. The molecule has 1 rings (SSSR count). The van der Waals surface area contributed by atoms with Crippen molar-refractivity contribution in [3.8, 4) is 0 Å². The van der Waals surface area contributed by atoms with Crippen molar-refractivity contribution in [2.45, 2.75) is 155 Å². The third kappa shape index (κ3) is 9.81. The number of hydrogen-bond acceptors (Lipinski definition) is 9. The molecule has 0 atom stereocenters. The normalized spacial score (nSPS) is 26.3. The lowest BCUT2D eigenvalue weighted by atomic mass is 10.5. The fourth-order valence-electron chi connectivity index (χ4n) is 6.18. The van der Waals surface area contributed by atoms with E-state index in [1.807, 2.05) is 0 Å². The van der Waals surface area contributed by atoms with Gasteiger partial charge in [-0.3, -0.25) is 0 Å². The van der Waals surface area contributed by atoms with Crippen LogP contribution in [0.3, 0.4) is 0 Å². The van der Waals surface area contributed by atoms with Crippen molar-refractivity contribution >= 4 is 84.3 Å². The molecule has 0 aromatic rings. The van der Waals surface area contributed by atoms with Crippen molar-refractivity contribution in [1.82, 2.24) is 0 Å². The summed E-state index contributed by atoms with van der Waals surface area (Å²) in [6.45, 7) is 36.3. The number of hydrogen-bond donors (Lipinski definition) is 0. The highest BCUT2D eigenvalue weighted by atomic mass is 28.5. The molecule has 0 aromatic carbocycles. The van der Waals surface area contributed by atoms with Gasteiger partial charge in [0.15, 0.2) is 0 Å². The van der Waals surface area contributed by atoms with Crippen molar-refractivity contribution in [2.75, 3.05) is 0 Å². The van der Waals surface area contributed by atoms with Gasteiger partial charge in [0.25, 0.3) is 50.0 Å². The van der Waals surface area contributed by atoms with Crippen LogP contribution in [0.15, 0.2) is 0 Å². The lowest BCUT2D eigenvalue weighted by molar-refractivity contribution is 0.215. The molecule has 1 aliphatic heterocycles. The van der Waals surface area contributed by atoms with Gasteiger partial charge in [-0.05, 0) is 44.3 Å². The molecule has 9 nitrogen and oxygen atoms in total. The van der Waals surface area contributed by atoms with Gasteiger partial charge in [0, 0.05) is 0 Å². The summed E-state index contributed by atoms with van der Waals surface area (Å²) in [6.07, 6.45) is 0. The largest absolute Gasteiger partial charge is 0.425 e. The van der Waals surface area contributed by atoms with Crippen LogP contribution in [-0.2, 0) is 37.0 Å². The van der Waals surface area contributed by atoms with Crippen molar-refractivity contribution < 1.29 is 37.0 Å². The molecule has 0 aliphatic carbocycles. The zero-order valence-corrected chi connectivity index (χ0v) is 40.9. The van der Waals surface area contributed by atoms with E-state index in [1.165, 1.54) is 0 Å². The second kappa shape index (κ2) is 18.2. The summed E-state index contributed by atoms with van der Waals surface area (Å²) in [5.74, 6) is 0. The first-order chi connectivity index (χ1) is 19.4. The Labute approximate surface area is 275 Å². The Morgan fingerprint density at radius 2 is 0.476 bits per heavy atom. The first kappa shape index (κ1) is 41.6. The molecule has 252 valence electrons. The summed E-state index contributed by atoms with van der Waals surface area (Å²) in [4.78, 5) is 0. The van der Waals surface area contributed by atoms with Crippen molar-refractivity contribution in [1.29, 1.82) is 0 Å². The van der Waals surface area contributed by atoms with Crippen LogP contribution in [0.25, 0.3) is 0 Å². The van der Waals surface area contributed by atoms with E-state index >= 15 is 0 Å². The summed E-state index contributed by atoms with van der Waals surface area (Å²) in [7, 11) is -17.5. The number of rotatable bonds is 8. The zero-order valence-electron chi connectivity index (χ0n) is 29.8. The van der Waals surface area contributed by atoms with Crippen LogP contribution >= 0.6 is 0 Å². The lowest BCUT2D eigenvalue weighted by Gasteiger charge is -2.55. The van der Waals surface area contributed by atoms with Crippen LogP contribution < -0.4 is 0 Å². The molecule has 0 N–H and O–H groups in total. The minimum atomic E-state index is -2.98. The minimum absolute atomic E-state index is 0.200. The Balaban J connectivity index is 3.99. The van der Waals surface area contributed by atoms with E-state index in [0.717, 1.165) is 0 Å². The molecule has 42 heavy (non-hydrogen) atoms. The molecule has 1 saturated heterocycles. The second-order valence-corrected chi connectivity index (χ2v) is 41.6. The smallest absolute Gasteiger partial charge is 0.325 e. The Kier molecular flexibility index (Phi) is 18.1. The molecule has 0 radical (unpaired) electrons. The van der Waals surface area contributed by atoms with Crippen LogP contribution in [0.1, 0.15) is 111 Å². The van der Waals surface area contributed by atoms with Crippen molar-refractivity contribution in [3.63, 3.8) is 0 Å². The van der Waals surface area contributed by atoms with Crippen molar-refractivity contribution in [3.05, 3.63) is 0 Å². The Morgan fingerprint density at radius 3 is 0.690 bits per heavy atom. The predicted octanol–water partition coefficient (Wildman–Crippen LogP) is 4.19. The SMILES string of the molecule is CC(C)[Si]1(C(C)C)O[SiH2]O[SiH2]O[SiH2]O[SiH2]O[SiH2]O[Si](C(C)C)(C(C)C)O[Si](C(C)C)(C(C)C)O[Si](C(C)C)(C(C)C)O1. The molecule has 1 heterocycles. The minimum Gasteiger partial charge on any atom is -0.425 e. The fraction of sp³-hybridized carbons (Fsp3) is 1.00. The van der Waals surface area contributed by atoms with Crippen molar-refractivity contribution in [2.24, 2.45) is 0 Å². The summed E-state index contributed by atoms with van der Waals surface area (Å²) in [6, 6.07) is 0. The summed E-state index contributed by atoms with van der Waals surface area (Å²) in [5, 5.41) is 0. The van der Waals surface area contributed by atoms with Crippen LogP contribution in [0.5, 0.6) is 0 Å². The van der Waals surface area contributed by atoms with E-state index in [2.05, 4.69) is 111 Å². The quantitative estimate of drug-likeness (QED) is 0.340. The first-order valence-electron chi connectivity index (χ1n) is 16.1. The molecule has 0 spiro atoms. The van der Waals surface area contributed by atoms with E-state index in [-0.39, 0.29) is 44.3 Å². The Bertz CT molecular complexity index is 682. The van der Waals surface area contributed by atoms with Crippen LogP contribution in [0, 0.1) is 0 Å². The van der Waals surface area contributed by atoms with Gasteiger partial charge in [0.05, 0.1) is 0 Å². The van der Waals surface area contributed by atoms with Gasteiger partial charge >= 0.3 is 34.2 Å². The lowest BCUT2D eigenvalue weighted by Crippen LogP contribution is -2.69. The zero-order chi connectivity index (χ0) is 32.5. The van der Waals surface area contributed by atoms with Gasteiger partial charge in [-0.2, -0.15) is 0 Å².